The Morgan fingerprint density at radius 3 is 2.67 bits per heavy atom. The zero-order valence-electron chi connectivity index (χ0n) is 10.6. The molecule has 2 aromatic carbocycles. The normalized spacial score (nSPS) is 10.8. The molecule has 1 heterocycles. The summed E-state index contributed by atoms with van der Waals surface area (Å²) >= 11 is 0. The van der Waals surface area contributed by atoms with Crippen molar-refractivity contribution in [3.8, 4) is 11.1 Å². The molecule has 0 atom stereocenters. The van der Waals surface area contributed by atoms with Crippen LogP contribution in [0.4, 0.5) is 0 Å². The highest BCUT2D eigenvalue weighted by molar-refractivity contribution is 5.95. The Bertz CT molecular complexity index is 699. The maximum Gasteiger partial charge on any atom is 0.0786 e. The Balaban J connectivity index is 2.37. The fourth-order valence-electron chi connectivity index (χ4n) is 2.36. The van der Waals surface area contributed by atoms with Crippen molar-refractivity contribution in [2.45, 2.75) is 13.8 Å². The van der Waals surface area contributed by atoms with Gasteiger partial charge in [-0.15, -0.1) is 0 Å². The van der Waals surface area contributed by atoms with E-state index in [0.717, 1.165) is 22.3 Å². The second-order valence-corrected chi connectivity index (χ2v) is 4.56. The molecule has 87 valence electrons. The molecule has 3 aromatic rings. The highest BCUT2D eigenvalue weighted by atomic mass is 14.7. The van der Waals surface area contributed by atoms with E-state index in [1.54, 1.807) is 0 Å². The number of nitrogens with zero attached hydrogens (tertiary/aromatic N) is 1. The zero-order chi connectivity index (χ0) is 12.5. The monoisotopic (exact) mass is 232 g/mol. The van der Waals surface area contributed by atoms with E-state index >= 15 is 0 Å². The van der Waals surface area contributed by atoms with Crippen molar-refractivity contribution in [3.63, 3.8) is 0 Å². The van der Waals surface area contributed by atoms with Crippen molar-refractivity contribution in [1.29, 1.82) is 0 Å². The summed E-state index contributed by atoms with van der Waals surface area (Å²) in [6.45, 7) is 4.17. The van der Waals surface area contributed by atoms with E-state index in [0.29, 0.717) is 0 Å². The lowest BCUT2D eigenvalue weighted by Crippen LogP contribution is -1.90. The summed E-state index contributed by atoms with van der Waals surface area (Å²) in [4.78, 5) is 4.69. The first-order valence-electron chi connectivity index (χ1n) is 6.10. The molecule has 3 rings (SSSR count). The minimum absolute atomic E-state index is 1.06. The molecule has 0 unspecified atom stereocenters. The van der Waals surface area contributed by atoms with E-state index < -0.39 is 0 Å². The van der Waals surface area contributed by atoms with E-state index in [1.165, 1.54) is 10.9 Å². The lowest BCUT2D eigenvalue weighted by molar-refractivity contribution is 1.23. The standard InChI is InChI=1S/C17H14N/c1-12-11-13(2)18-17-15(12)9-6-10-16(17)14-7-4-3-5-8-14/h3-7,9-11H,1-2H3. The fourth-order valence-corrected chi connectivity index (χ4v) is 2.36. The van der Waals surface area contributed by atoms with Crippen LogP contribution in [0.15, 0.2) is 48.5 Å². The lowest BCUT2D eigenvalue weighted by Gasteiger charge is -2.09. The van der Waals surface area contributed by atoms with Gasteiger partial charge in [0.2, 0.25) is 0 Å². The van der Waals surface area contributed by atoms with Gasteiger partial charge in [0.25, 0.3) is 0 Å². The number of para-hydroxylation sites is 1. The number of hydrogen-bond donors (Lipinski definition) is 0. The minimum Gasteiger partial charge on any atom is -0.252 e. The third-order valence-electron chi connectivity index (χ3n) is 3.17. The van der Waals surface area contributed by atoms with Crippen molar-refractivity contribution < 1.29 is 0 Å². The molecule has 0 spiro atoms. The van der Waals surface area contributed by atoms with Gasteiger partial charge in [-0.25, -0.2) is 0 Å². The average molecular weight is 232 g/mol. The number of aromatic nitrogens is 1. The largest absolute Gasteiger partial charge is 0.252 e. The topological polar surface area (TPSA) is 12.9 Å². The molecule has 18 heavy (non-hydrogen) atoms. The number of fused-ring (bicyclic) bond motifs is 1. The third kappa shape index (κ3) is 1.78. The van der Waals surface area contributed by atoms with Gasteiger partial charge < -0.3 is 0 Å². The number of hydrogen-bond acceptors (Lipinski definition) is 1. The van der Waals surface area contributed by atoms with Gasteiger partial charge in [0.1, 0.15) is 0 Å². The summed E-state index contributed by atoms with van der Waals surface area (Å²) < 4.78 is 0. The van der Waals surface area contributed by atoms with Crippen LogP contribution in [0.1, 0.15) is 11.3 Å². The molecular weight excluding hydrogens is 218 g/mol. The van der Waals surface area contributed by atoms with Gasteiger partial charge in [0.05, 0.1) is 5.52 Å². The van der Waals surface area contributed by atoms with Crippen LogP contribution in [-0.2, 0) is 0 Å². The van der Waals surface area contributed by atoms with Gasteiger partial charge in [-0.2, -0.15) is 0 Å². The molecule has 1 radical (unpaired) electrons. The number of aryl methyl sites for hydroxylation is 2. The van der Waals surface area contributed by atoms with Gasteiger partial charge in [0, 0.05) is 16.6 Å². The molecule has 0 aliphatic rings. The molecule has 0 bridgehead atoms. The molecule has 0 saturated heterocycles. The summed E-state index contributed by atoms with van der Waals surface area (Å²) in [5.74, 6) is 0. The van der Waals surface area contributed by atoms with Crippen LogP contribution in [0.3, 0.4) is 0 Å². The van der Waals surface area contributed by atoms with Crippen molar-refractivity contribution >= 4 is 10.9 Å². The molecule has 0 fully saturated rings. The van der Waals surface area contributed by atoms with E-state index in [-0.39, 0.29) is 0 Å². The number of benzene rings is 2. The summed E-state index contributed by atoms with van der Waals surface area (Å²) in [5.41, 5.74) is 5.65. The van der Waals surface area contributed by atoms with E-state index in [9.17, 15) is 0 Å². The maximum absolute atomic E-state index is 4.69. The smallest absolute Gasteiger partial charge is 0.0786 e. The Hall–Kier alpha value is -2.15. The summed E-state index contributed by atoms with van der Waals surface area (Å²) in [6.07, 6.45) is 0. The van der Waals surface area contributed by atoms with E-state index in [4.69, 9.17) is 4.98 Å². The summed E-state index contributed by atoms with van der Waals surface area (Å²) in [5, 5.41) is 1.22. The number of pyridine rings is 1. The third-order valence-corrected chi connectivity index (χ3v) is 3.17. The van der Waals surface area contributed by atoms with Gasteiger partial charge in [-0.05, 0) is 37.1 Å². The van der Waals surface area contributed by atoms with Crippen LogP contribution < -0.4 is 0 Å². The van der Waals surface area contributed by atoms with Crippen LogP contribution in [0.25, 0.3) is 22.0 Å². The SMILES string of the molecule is Cc1cc(C)c2cccc(-c3[c]cccc3)c2n1. The second-order valence-electron chi connectivity index (χ2n) is 4.56. The highest BCUT2D eigenvalue weighted by Gasteiger charge is 2.07. The van der Waals surface area contributed by atoms with E-state index in [1.807, 2.05) is 25.1 Å². The Morgan fingerprint density at radius 2 is 1.89 bits per heavy atom. The molecule has 1 nitrogen and oxygen atoms in total. The van der Waals surface area contributed by atoms with Crippen LogP contribution in [0.2, 0.25) is 0 Å². The molecule has 0 amide bonds. The van der Waals surface area contributed by atoms with Gasteiger partial charge >= 0.3 is 0 Å². The first kappa shape index (κ1) is 11.0. The molecule has 0 aliphatic carbocycles. The Labute approximate surface area is 107 Å². The molecule has 1 aromatic heterocycles. The summed E-state index contributed by atoms with van der Waals surface area (Å²) in [6, 6.07) is 19.8. The second kappa shape index (κ2) is 4.26. The highest BCUT2D eigenvalue weighted by Crippen LogP contribution is 2.28. The Morgan fingerprint density at radius 1 is 1.00 bits per heavy atom. The van der Waals surface area contributed by atoms with Crippen molar-refractivity contribution in [1.82, 2.24) is 4.98 Å². The first-order chi connectivity index (χ1) is 8.75. The van der Waals surface area contributed by atoms with Crippen LogP contribution in [0.5, 0.6) is 0 Å². The van der Waals surface area contributed by atoms with Crippen molar-refractivity contribution in [3.05, 3.63) is 65.9 Å². The Kier molecular flexibility index (Phi) is 2.60. The molecule has 1 heteroatoms. The fraction of sp³-hybridized carbons (Fsp3) is 0.118. The van der Waals surface area contributed by atoms with Crippen molar-refractivity contribution in [2.24, 2.45) is 0 Å². The summed E-state index contributed by atoms with van der Waals surface area (Å²) in [7, 11) is 0. The number of rotatable bonds is 1. The maximum atomic E-state index is 4.69. The minimum atomic E-state index is 1.06. The first-order valence-corrected chi connectivity index (χ1v) is 6.10. The average Bonchev–Trinajstić information content (AvgIpc) is 2.39. The van der Waals surface area contributed by atoms with Crippen LogP contribution >= 0.6 is 0 Å². The molecular formula is C17H14N. The zero-order valence-corrected chi connectivity index (χ0v) is 10.6. The molecule has 0 saturated carbocycles. The van der Waals surface area contributed by atoms with Gasteiger partial charge in [-0.1, -0.05) is 42.5 Å². The molecule has 0 N–H and O–H groups in total. The van der Waals surface area contributed by atoms with Crippen molar-refractivity contribution in [2.75, 3.05) is 0 Å². The lowest BCUT2D eigenvalue weighted by atomic mass is 9.99. The predicted molar refractivity (Wildman–Crippen MR) is 75.5 cm³/mol. The molecule has 0 aliphatic heterocycles. The van der Waals surface area contributed by atoms with Crippen LogP contribution in [0, 0.1) is 19.9 Å². The van der Waals surface area contributed by atoms with Gasteiger partial charge in [-0.3, -0.25) is 4.98 Å². The quantitative estimate of drug-likeness (QED) is 0.609. The van der Waals surface area contributed by atoms with Gasteiger partial charge in [0.15, 0.2) is 0 Å². The predicted octanol–water partition coefficient (Wildman–Crippen LogP) is 4.32. The van der Waals surface area contributed by atoms with E-state index in [2.05, 4.69) is 43.3 Å². The van der Waals surface area contributed by atoms with Crippen LogP contribution in [-0.4, -0.2) is 4.98 Å².